The highest BCUT2D eigenvalue weighted by molar-refractivity contribution is 6.23. The number of aliphatic hydroxyl groups excluding tert-OH is 1. The number of carbonyl (C=O) groups is 2. The maximum absolute atomic E-state index is 12.2. The fourth-order valence-corrected chi connectivity index (χ4v) is 1.98. The molecule has 18 heavy (non-hydrogen) atoms. The molecular formula is C13H16N2O3. The van der Waals surface area contributed by atoms with Crippen LogP contribution in [0, 0.1) is 5.41 Å². The Morgan fingerprint density at radius 2 is 1.94 bits per heavy atom. The highest BCUT2D eigenvalue weighted by atomic mass is 16.3. The van der Waals surface area contributed by atoms with E-state index in [4.69, 9.17) is 5.73 Å². The Morgan fingerprint density at radius 3 is 2.50 bits per heavy atom. The van der Waals surface area contributed by atoms with Crippen LogP contribution >= 0.6 is 0 Å². The van der Waals surface area contributed by atoms with Crippen molar-refractivity contribution < 1.29 is 14.7 Å². The minimum absolute atomic E-state index is 0.101. The highest BCUT2D eigenvalue weighted by Crippen LogP contribution is 2.30. The fraction of sp³-hybridized carbons (Fsp3) is 0.385. The van der Waals surface area contributed by atoms with Crippen LogP contribution in [0.15, 0.2) is 18.2 Å². The molecule has 3 N–H and O–H groups in total. The first-order chi connectivity index (χ1) is 8.37. The van der Waals surface area contributed by atoms with E-state index < -0.39 is 5.41 Å². The predicted molar refractivity (Wildman–Crippen MR) is 67.1 cm³/mol. The monoisotopic (exact) mass is 248 g/mol. The lowest BCUT2D eigenvalue weighted by molar-refractivity contribution is 0.0530. The molecule has 0 bridgehead atoms. The molecule has 0 fully saturated rings. The van der Waals surface area contributed by atoms with Gasteiger partial charge in [0.15, 0.2) is 0 Å². The summed E-state index contributed by atoms with van der Waals surface area (Å²) in [5.74, 6) is -0.724. The lowest BCUT2D eigenvalue weighted by Crippen LogP contribution is -2.40. The molecule has 5 nitrogen and oxygen atoms in total. The van der Waals surface area contributed by atoms with Crippen LogP contribution in [0.25, 0.3) is 0 Å². The van der Waals surface area contributed by atoms with Gasteiger partial charge in [-0.2, -0.15) is 0 Å². The van der Waals surface area contributed by atoms with E-state index in [1.54, 1.807) is 32.0 Å². The first-order valence-electron chi connectivity index (χ1n) is 5.73. The van der Waals surface area contributed by atoms with Crippen molar-refractivity contribution in [3.05, 3.63) is 29.3 Å². The van der Waals surface area contributed by atoms with Crippen molar-refractivity contribution in [1.82, 2.24) is 4.90 Å². The maximum atomic E-state index is 12.2. The van der Waals surface area contributed by atoms with Crippen molar-refractivity contribution in [2.75, 3.05) is 18.9 Å². The van der Waals surface area contributed by atoms with Gasteiger partial charge in [0.25, 0.3) is 11.8 Å². The normalized spacial score (nSPS) is 15.2. The van der Waals surface area contributed by atoms with Crippen molar-refractivity contribution in [3.8, 4) is 0 Å². The Morgan fingerprint density at radius 1 is 1.28 bits per heavy atom. The van der Waals surface area contributed by atoms with Gasteiger partial charge in [0, 0.05) is 24.3 Å². The number of aliphatic hydroxyl groups is 1. The van der Waals surface area contributed by atoms with E-state index in [1.165, 1.54) is 0 Å². The number of nitrogen functional groups attached to an aromatic ring is 1. The minimum atomic E-state index is -0.526. The van der Waals surface area contributed by atoms with Gasteiger partial charge in [-0.15, -0.1) is 0 Å². The molecule has 0 aliphatic carbocycles. The molecule has 1 aromatic carbocycles. The third kappa shape index (κ3) is 1.86. The Labute approximate surface area is 105 Å². The molecule has 1 aromatic rings. The van der Waals surface area contributed by atoms with Crippen LogP contribution in [0.2, 0.25) is 0 Å². The van der Waals surface area contributed by atoms with E-state index in [-0.39, 0.29) is 30.5 Å². The summed E-state index contributed by atoms with van der Waals surface area (Å²) in [6, 6.07) is 4.85. The average molecular weight is 248 g/mol. The predicted octanol–water partition coefficient (Wildman–Crippen LogP) is 0.883. The summed E-state index contributed by atoms with van der Waals surface area (Å²) in [7, 11) is 0. The largest absolute Gasteiger partial charge is 0.398 e. The number of rotatable bonds is 3. The number of benzene rings is 1. The van der Waals surface area contributed by atoms with Crippen LogP contribution in [0.3, 0.4) is 0 Å². The molecule has 0 unspecified atom stereocenters. The molecule has 96 valence electrons. The summed E-state index contributed by atoms with van der Waals surface area (Å²) in [6.07, 6.45) is 0. The quantitative estimate of drug-likeness (QED) is 0.614. The molecule has 1 aliphatic heterocycles. The molecule has 2 amide bonds. The second-order valence-electron chi connectivity index (χ2n) is 5.29. The third-order valence-electron chi connectivity index (χ3n) is 3.05. The van der Waals surface area contributed by atoms with Crippen LogP contribution in [0.4, 0.5) is 5.69 Å². The van der Waals surface area contributed by atoms with Gasteiger partial charge in [-0.1, -0.05) is 19.9 Å². The standard InChI is InChI=1S/C13H16N2O3/c1-13(2,7-16)6-15-11(17)8-4-3-5-9(14)10(8)12(15)18/h3-5,16H,6-7,14H2,1-2H3. The Hall–Kier alpha value is -1.88. The van der Waals surface area contributed by atoms with Gasteiger partial charge in [0.1, 0.15) is 0 Å². The van der Waals surface area contributed by atoms with Gasteiger partial charge in [0.05, 0.1) is 11.1 Å². The lowest BCUT2D eigenvalue weighted by Gasteiger charge is -2.26. The van der Waals surface area contributed by atoms with Crippen LogP contribution in [0.1, 0.15) is 34.6 Å². The summed E-state index contributed by atoms with van der Waals surface area (Å²) in [4.78, 5) is 25.4. The molecule has 1 aliphatic rings. The second-order valence-corrected chi connectivity index (χ2v) is 5.29. The Balaban J connectivity index is 2.38. The van der Waals surface area contributed by atoms with E-state index in [0.717, 1.165) is 4.90 Å². The van der Waals surface area contributed by atoms with Gasteiger partial charge < -0.3 is 10.8 Å². The van der Waals surface area contributed by atoms with E-state index >= 15 is 0 Å². The van der Waals surface area contributed by atoms with Crippen molar-refractivity contribution in [2.24, 2.45) is 5.41 Å². The minimum Gasteiger partial charge on any atom is -0.398 e. The van der Waals surface area contributed by atoms with Gasteiger partial charge in [-0.25, -0.2) is 0 Å². The molecule has 0 radical (unpaired) electrons. The maximum Gasteiger partial charge on any atom is 0.263 e. The summed E-state index contributed by atoms with van der Waals surface area (Å²) in [5, 5.41) is 9.22. The first-order valence-corrected chi connectivity index (χ1v) is 5.73. The van der Waals surface area contributed by atoms with Crippen LogP contribution in [-0.2, 0) is 0 Å². The number of hydrogen-bond acceptors (Lipinski definition) is 4. The third-order valence-corrected chi connectivity index (χ3v) is 3.05. The molecule has 0 saturated carbocycles. The van der Waals surface area contributed by atoms with Gasteiger partial charge >= 0.3 is 0 Å². The van der Waals surface area contributed by atoms with Gasteiger partial charge in [0.2, 0.25) is 0 Å². The topological polar surface area (TPSA) is 83.6 Å². The number of carbonyl (C=O) groups excluding carboxylic acids is 2. The van der Waals surface area contributed by atoms with E-state index in [2.05, 4.69) is 0 Å². The summed E-state index contributed by atoms with van der Waals surface area (Å²) < 4.78 is 0. The van der Waals surface area contributed by atoms with Crippen molar-refractivity contribution in [3.63, 3.8) is 0 Å². The average Bonchev–Trinajstić information content (AvgIpc) is 2.55. The molecule has 0 spiro atoms. The Kier molecular flexibility index (Phi) is 2.86. The van der Waals surface area contributed by atoms with E-state index in [0.29, 0.717) is 11.3 Å². The zero-order valence-electron chi connectivity index (χ0n) is 10.4. The summed E-state index contributed by atoms with van der Waals surface area (Å²) >= 11 is 0. The molecule has 1 heterocycles. The summed E-state index contributed by atoms with van der Waals surface area (Å²) in [6.45, 7) is 3.66. The van der Waals surface area contributed by atoms with Gasteiger partial charge in [-0.05, 0) is 12.1 Å². The number of fused-ring (bicyclic) bond motifs is 1. The molecule has 5 heteroatoms. The number of nitrogens with two attached hydrogens (primary N) is 1. The number of anilines is 1. The smallest absolute Gasteiger partial charge is 0.263 e. The molecule has 0 atom stereocenters. The highest BCUT2D eigenvalue weighted by Gasteiger charge is 2.39. The second kappa shape index (κ2) is 4.10. The lowest BCUT2D eigenvalue weighted by atomic mass is 9.94. The van der Waals surface area contributed by atoms with Crippen LogP contribution < -0.4 is 5.73 Å². The molecular weight excluding hydrogens is 232 g/mol. The summed E-state index contributed by atoms with van der Waals surface area (Å²) in [5.41, 5.74) is 6.14. The number of nitrogens with zero attached hydrogens (tertiary/aromatic N) is 1. The zero-order chi connectivity index (χ0) is 13.5. The number of amides is 2. The Bertz CT molecular complexity index is 523. The number of imide groups is 1. The SMILES string of the molecule is CC(C)(CO)CN1C(=O)c2cccc(N)c2C1=O. The van der Waals surface area contributed by atoms with Crippen molar-refractivity contribution in [2.45, 2.75) is 13.8 Å². The van der Waals surface area contributed by atoms with Crippen LogP contribution in [0.5, 0.6) is 0 Å². The zero-order valence-corrected chi connectivity index (χ0v) is 10.4. The number of hydrogen-bond donors (Lipinski definition) is 2. The molecule has 0 aromatic heterocycles. The van der Waals surface area contributed by atoms with Gasteiger partial charge in [-0.3, -0.25) is 14.5 Å². The fourth-order valence-electron chi connectivity index (χ4n) is 1.98. The van der Waals surface area contributed by atoms with E-state index in [9.17, 15) is 14.7 Å². The van der Waals surface area contributed by atoms with Crippen LogP contribution in [-0.4, -0.2) is 35.0 Å². The van der Waals surface area contributed by atoms with Crippen molar-refractivity contribution in [1.29, 1.82) is 0 Å². The van der Waals surface area contributed by atoms with E-state index in [1.807, 2.05) is 0 Å². The first kappa shape index (κ1) is 12.6. The van der Waals surface area contributed by atoms with Crippen molar-refractivity contribution >= 4 is 17.5 Å². The molecule has 2 rings (SSSR count). The molecule has 0 saturated heterocycles.